The lowest BCUT2D eigenvalue weighted by Gasteiger charge is -2.17. The molecule has 33 heavy (non-hydrogen) atoms. The Morgan fingerprint density at radius 3 is 2.24 bits per heavy atom. The SMILES string of the molecule is COc1ccccc1-c1nn(-c2ccccc2)cc1C(=O)OCC(=O)N(C)c1ccccc1. The molecule has 4 rings (SSSR count). The Balaban J connectivity index is 1.62. The second-order valence-electron chi connectivity index (χ2n) is 7.24. The van der Waals surface area contributed by atoms with E-state index in [2.05, 4.69) is 5.10 Å². The average Bonchev–Trinajstić information content (AvgIpc) is 3.33. The van der Waals surface area contributed by atoms with E-state index in [0.29, 0.717) is 22.7 Å². The highest BCUT2D eigenvalue weighted by Crippen LogP contribution is 2.32. The third-order valence-electron chi connectivity index (χ3n) is 5.16. The van der Waals surface area contributed by atoms with Crippen LogP contribution in [0.15, 0.2) is 91.1 Å². The van der Waals surface area contributed by atoms with Crippen molar-refractivity contribution < 1.29 is 19.1 Å². The van der Waals surface area contributed by atoms with E-state index in [1.165, 1.54) is 4.90 Å². The number of carbonyl (C=O) groups is 2. The number of rotatable bonds is 7. The van der Waals surface area contributed by atoms with Gasteiger partial charge >= 0.3 is 5.97 Å². The lowest BCUT2D eigenvalue weighted by atomic mass is 10.1. The zero-order valence-corrected chi connectivity index (χ0v) is 18.3. The summed E-state index contributed by atoms with van der Waals surface area (Å²) in [6, 6.07) is 25.9. The normalized spacial score (nSPS) is 10.5. The van der Waals surface area contributed by atoms with Crippen LogP contribution in [0.2, 0.25) is 0 Å². The zero-order valence-electron chi connectivity index (χ0n) is 18.3. The van der Waals surface area contributed by atoms with Crippen molar-refractivity contribution in [2.24, 2.45) is 0 Å². The minimum Gasteiger partial charge on any atom is -0.496 e. The highest BCUT2D eigenvalue weighted by molar-refractivity contribution is 6.00. The number of methoxy groups -OCH3 is 1. The van der Waals surface area contributed by atoms with E-state index in [0.717, 1.165) is 5.69 Å². The van der Waals surface area contributed by atoms with Crippen LogP contribution in [0.25, 0.3) is 16.9 Å². The lowest BCUT2D eigenvalue weighted by molar-refractivity contribution is -0.121. The molecule has 0 N–H and O–H groups in total. The van der Waals surface area contributed by atoms with Gasteiger partial charge < -0.3 is 14.4 Å². The van der Waals surface area contributed by atoms with Crippen LogP contribution in [0.4, 0.5) is 5.69 Å². The monoisotopic (exact) mass is 441 g/mol. The first kappa shape index (κ1) is 21.8. The summed E-state index contributed by atoms with van der Waals surface area (Å²) in [4.78, 5) is 27.1. The van der Waals surface area contributed by atoms with Crippen LogP contribution >= 0.6 is 0 Å². The summed E-state index contributed by atoms with van der Waals surface area (Å²) in [5.74, 6) is -0.415. The van der Waals surface area contributed by atoms with Crippen LogP contribution in [0, 0.1) is 0 Å². The van der Waals surface area contributed by atoms with Crippen LogP contribution in [0.1, 0.15) is 10.4 Å². The Labute approximate surface area is 191 Å². The molecular formula is C26H23N3O4. The van der Waals surface area contributed by atoms with Crippen LogP contribution in [-0.2, 0) is 9.53 Å². The van der Waals surface area contributed by atoms with Gasteiger partial charge in [-0.3, -0.25) is 4.79 Å². The lowest BCUT2D eigenvalue weighted by Crippen LogP contribution is -2.31. The maximum Gasteiger partial charge on any atom is 0.342 e. The smallest absolute Gasteiger partial charge is 0.342 e. The standard InChI is InChI=1S/C26H23N3O4/c1-28(19-11-5-3-6-12-19)24(30)18-33-26(31)22-17-29(20-13-7-4-8-14-20)27-25(22)21-15-9-10-16-23(21)32-2/h3-17H,18H2,1-2H3. The van der Waals surface area contributed by atoms with Crippen molar-refractivity contribution in [2.45, 2.75) is 0 Å². The van der Waals surface area contributed by atoms with Crippen molar-refractivity contribution in [2.75, 3.05) is 25.7 Å². The van der Waals surface area contributed by atoms with Gasteiger partial charge in [-0.2, -0.15) is 5.10 Å². The predicted molar refractivity (Wildman–Crippen MR) is 126 cm³/mol. The van der Waals surface area contributed by atoms with Crippen molar-refractivity contribution in [3.05, 3.63) is 96.7 Å². The Bertz CT molecular complexity index is 1250. The van der Waals surface area contributed by atoms with Gasteiger partial charge in [-0.1, -0.05) is 48.5 Å². The third-order valence-corrected chi connectivity index (χ3v) is 5.16. The molecule has 0 spiro atoms. The molecule has 0 bridgehead atoms. The maximum absolute atomic E-state index is 13.1. The van der Waals surface area contributed by atoms with Crippen LogP contribution in [0.3, 0.4) is 0 Å². The number of amides is 1. The Hall–Kier alpha value is -4.39. The van der Waals surface area contributed by atoms with Gasteiger partial charge in [0.25, 0.3) is 5.91 Å². The van der Waals surface area contributed by atoms with Crippen LogP contribution < -0.4 is 9.64 Å². The molecule has 166 valence electrons. The fourth-order valence-electron chi connectivity index (χ4n) is 3.37. The van der Waals surface area contributed by atoms with Crippen molar-refractivity contribution in [3.8, 4) is 22.7 Å². The quantitative estimate of drug-likeness (QED) is 0.398. The number of anilines is 1. The molecule has 0 saturated heterocycles. The molecule has 7 heteroatoms. The summed E-state index contributed by atoms with van der Waals surface area (Å²) >= 11 is 0. The predicted octanol–water partition coefficient (Wildman–Crippen LogP) is 4.37. The van der Waals surface area contributed by atoms with Gasteiger partial charge in [0.2, 0.25) is 0 Å². The maximum atomic E-state index is 13.1. The number of aromatic nitrogens is 2. The molecule has 0 aliphatic heterocycles. The van der Waals surface area contributed by atoms with Crippen molar-refractivity contribution in [3.63, 3.8) is 0 Å². The Kier molecular flexibility index (Phi) is 6.50. The molecule has 0 unspecified atom stereocenters. The van der Waals surface area contributed by atoms with Gasteiger partial charge in [-0.15, -0.1) is 0 Å². The topological polar surface area (TPSA) is 73.7 Å². The summed E-state index contributed by atoms with van der Waals surface area (Å²) < 4.78 is 12.5. The second kappa shape index (κ2) is 9.82. The van der Waals surface area contributed by atoms with E-state index >= 15 is 0 Å². The summed E-state index contributed by atoms with van der Waals surface area (Å²) in [7, 11) is 3.20. The number of likely N-dealkylation sites (N-methyl/N-ethyl adjacent to an activating group) is 1. The number of carbonyl (C=O) groups excluding carboxylic acids is 2. The molecule has 0 atom stereocenters. The first-order valence-electron chi connectivity index (χ1n) is 10.4. The number of nitrogens with zero attached hydrogens (tertiary/aromatic N) is 3. The molecule has 0 saturated carbocycles. The number of benzene rings is 3. The molecule has 1 heterocycles. The third kappa shape index (κ3) is 4.77. The number of para-hydroxylation sites is 3. The largest absolute Gasteiger partial charge is 0.496 e. The summed E-state index contributed by atoms with van der Waals surface area (Å²) in [6.45, 7) is -0.397. The van der Waals surface area contributed by atoms with E-state index in [1.54, 1.807) is 31.1 Å². The van der Waals surface area contributed by atoms with E-state index in [9.17, 15) is 9.59 Å². The molecule has 0 aliphatic rings. The van der Waals surface area contributed by atoms with Crippen LogP contribution in [-0.4, -0.2) is 42.4 Å². The van der Waals surface area contributed by atoms with Gasteiger partial charge in [-0.05, 0) is 36.4 Å². The fourth-order valence-corrected chi connectivity index (χ4v) is 3.37. The molecular weight excluding hydrogens is 418 g/mol. The average molecular weight is 441 g/mol. The van der Waals surface area contributed by atoms with E-state index in [4.69, 9.17) is 9.47 Å². The Morgan fingerprint density at radius 1 is 0.909 bits per heavy atom. The Morgan fingerprint density at radius 2 is 1.55 bits per heavy atom. The summed E-state index contributed by atoms with van der Waals surface area (Å²) in [6.07, 6.45) is 1.60. The summed E-state index contributed by atoms with van der Waals surface area (Å²) in [5, 5.41) is 4.63. The molecule has 0 fully saturated rings. The van der Waals surface area contributed by atoms with E-state index in [-0.39, 0.29) is 11.5 Å². The molecule has 1 amide bonds. The first-order chi connectivity index (χ1) is 16.1. The van der Waals surface area contributed by atoms with E-state index < -0.39 is 12.6 Å². The number of hydrogen-bond donors (Lipinski definition) is 0. The molecule has 0 radical (unpaired) electrons. The first-order valence-corrected chi connectivity index (χ1v) is 10.4. The molecule has 0 aliphatic carbocycles. The fraction of sp³-hybridized carbons (Fsp3) is 0.115. The van der Waals surface area contributed by atoms with Crippen LogP contribution in [0.5, 0.6) is 5.75 Å². The van der Waals surface area contributed by atoms with E-state index in [1.807, 2.05) is 78.9 Å². The highest BCUT2D eigenvalue weighted by Gasteiger charge is 2.23. The number of ether oxygens (including phenoxy) is 2. The molecule has 4 aromatic rings. The van der Waals surface area contributed by atoms with Gasteiger partial charge in [0, 0.05) is 24.5 Å². The molecule has 3 aromatic carbocycles. The minimum absolute atomic E-state index is 0.235. The minimum atomic E-state index is -0.645. The molecule has 7 nitrogen and oxygen atoms in total. The molecule has 1 aromatic heterocycles. The number of hydrogen-bond acceptors (Lipinski definition) is 5. The van der Waals surface area contributed by atoms with Crippen molar-refractivity contribution in [1.82, 2.24) is 9.78 Å². The summed E-state index contributed by atoms with van der Waals surface area (Å²) in [5.41, 5.74) is 2.79. The second-order valence-corrected chi connectivity index (χ2v) is 7.24. The number of esters is 1. The van der Waals surface area contributed by atoms with Gasteiger partial charge in [0.15, 0.2) is 6.61 Å². The van der Waals surface area contributed by atoms with Crippen molar-refractivity contribution in [1.29, 1.82) is 0 Å². The zero-order chi connectivity index (χ0) is 23.2. The highest BCUT2D eigenvalue weighted by atomic mass is 16.5. The van der Waals surface area contributed by atoms with Crippen molar-refractivity contribution >= 4 is 17.6 Å². The van der Waals surface area contributed by atoms with Gasteiger partial charge in [-0.25, -0.2) is 9.48 Å². The van der Waals surface area contributed by atoms with Gasteiger partial charge in [0.05, 0.1) is 12.8 Å². The van der Waals surface area contributed by atoms with Gasteiger partial charge in [0.1, 0.15) is 17.0 Å².